The lowest BCUT2D eigenvalue weighted by atomic mass is 10.0. The number of nitrogens with one attached hydrogen (secondary N) is 1. The van der Waals surface area contributed by atoms with Gasteiger partial charge in [-0.2, -0.15) is 5.26 Å². The number of thiazole rings is 1. The zero-order valence-corrected chi connectivity index (χ0v) is 17.8. The molecule has 0 unspecified atom stereocenters. The summed E-state index contributed by atoms with van der Waals surface area (Å²) in [6, 6.07) is 17.6. The highest BCUT2D eigenvalue weighted by Crippen LogP contribution is 2.26. The molecule has 0 aliphatic carbocycles. The molecule has 2 aromatic carbocycles. The van der Waals surface area contributed by atoms with E-state index in [-0.39, 0.29) is 5.57 Å². The molecule has 6 heteroatoms. The van der Waals surface area contributed by atoms with Crippen LogP contribution in [0.2, 0.25) is 0 Å². The lowest BCUT2D eigenvalue weighted by Gasteiger charge is -2.05. The van der Waals surface area contributed by atoms with Gasteiger partial charge in [0.1, 0.15) is 11.6 Å². The van der Waals surface area contributed by atoms with Gasteiger partial charge in [0.25, 0.3) is 5.91 Å². The average molecular weight is 452 g/mol. The van der Waals surface area contributed by atoms with Crippen molar-refractivity contribution in [3.8, 4) is 17.3 Å². The smallest absolute Gasteiger partial charge is 0.268 e. The number of nitrogens with zero attached hydrogens (tertiary/aromatic N) is 2. The van der Waals surface area contributed by atoms with Crippen LogP contribution in [0.3, 0.4) is 0 Å². The van der Waals surface area contributed by atoms with E-state index in [2.05, 4.69) is 40.1 Å². The summed E-state index contributed by atoms with van der Waals surface area (Å²) >= 11 is 4.73. The molecular weight excluding hydrogens is 434 g/mol. The van der Waals surface area contributed by atoms with Crippen LogP contribution < -0.4 is 5.32 Å². The second kappa shape index (κ2) is 8.96. The number of carbonyl (C=O) groups excluding carboxylic acids is 1. The van der Waals surface area contributed by atoms with Gasteiger partial charge in [0.05, 0.1) is 5.69 Å². The summed E-state index contributed by atoms with van der Waals surface area (Å²) in [5.41, 5.74) is 3.80. The fourth-order valence-corrected chi connectivity index (χ4v) is 3.52. The van der Waals surface area contributed by atoms with E-state index < -0.39 is 5.91 Å². The predicted octanol–water partition coefficient (Wildman–Crippen LogP) is 6.24. The standard InChI is InChI=1S/C22H18BrN3OS/c1-14(2)16-5-3-15(4-6-16)11-18(12-24)21(27)26-22-25-20(13-28-22)17-7-9-19(23)10-8-17/h3-11,13-14H,1-2H3,(H,25,26,27)/b18-11+. The maximum atomic E-state index is 12.5. The molecule has 0 aliphatic heterocycles. The van der Waals surface area contributed by atoms with Gasteiger partial charge in [-0.05, 0) is 35.3 Å². The molecule has 0 bridgehead atoms. The van der Waals surface area contributed by atoms with Crippen molar-refractivity contribution in [2.24, 2.45) is 0 Å². The number of hydrogen-bond donors (Lipinski definition) is 1. The first-order valence-corrected chi connectivity index (χ1v) is 10.4. The third-order valence-corrected chi connectivity index (χ3v) is 5.43. The van der Waals surface area contributed by atoms with Crippen LogP contribution in [-0.2, 0) is 4.79 Å². The van der Waals surface area contributed by atoms with Crippen molar-refractivity contribution in [3.63, 3.8) is 0 Å². The van der Waals surface area contributed by atoms with Crippen molar-refractivity contribution in [2.45, 2.75) is 19.8 Å². The van der Waals surface area contributed by atoms with E-state index in [1.54, 1.807) is 6.08 Å². The minimum atomic E-state index is -0.466. The summed E-state index contributed by atoms with van der Waals surface area (Å²) in [5.74, 6) is -0.0336. The molecule has 140 valence electrons. The number of benzene rings is 2. The van der Waals surface area contributed by atoms with Crippen molar-refractivity contribution in [1.82, 2.24) is 4.98 Å². The zero-order chi connectivity index (χ0) is 20.1. The highest BCUT2D eigenvalue weighted by atomic mass is 79.9. The second-order valence-corrected chi connectivity index (χ2v) is 8.26. The van der Waals surface area contributed by atoms with Crippen molar-refractivity contribution in [3.05, 3.63) is 75.1 Å². The highest BCUT2D eigenvalue weighted by molar-refractivity contribution is 9.10. The van der Waals surface area contributed by atoms with Gasteiger partial charge in [-0.3, -0.25) is 10.1 Å². The SMILES string of the molecule is CC(C)c1ccc(/C=C(\C#N)C(=O)Nc2nc(-c3ccc(Br)cc3)cs2)cc1. The molecule has 0 fully saturated rings. The molecule has 28 heavy (non-hydrogen) atoms. The predicted molar refractivity (Wildman–Crippen MR) is 118 cm³/mol. The van der Waals surface area contributed by atoms with Gasteiger partial charge >= 0.3 is 0 Å². The van der Waals surface area contributed by atoms with E-state index in [9.17, 15) is 10.1 Å². The molecule has 3 rings (SSSR count). The monoisotopic (exact) mass is 451 g/mol. The molecule has 0 spiro atoms. The summed E-state index contributed by atoms with van der Waals surface area (Å²) in [6.45, 7) is 4.24. The maximum Gasteiger partial charge on any atom is 0.268 e. The van der Waals surface area contributed by atoms with Gasteiger partial charge in [0, 0.05) is 15.4 Å². The van der Waals surface area contributed by atoms with Crippen LogP contribution in [0.1, 0.15) is 30.9 Å². The van der Waals surface area contributed by atoms with E-state index in [0.29, 0.717) is 11.0 Å². The Kier molecular flexibility index (Phi) is 6.40. The van der Waals surface area contributed by atoms with Gasteiger partial charge in [-0.25, -0.2) is 4.98 Å². The second-order valence-electron chi connectivity index (χ2n) is 6.49. The van der Waals surface area contributed by atoms with Gasteiger partial charge in [-0.15, -0.1) is 11.3 Å². The quantitative estimate of drug-likeness (QED) is 0.368. The molecule has 0 saturated carbocycles. The summed E-state index contributed by atoms with van der Waals surface area (Å²) < 4.78 is 0.991. The van der Waals surface area contributed by atoms with Gasteiger partial charge in [0.15, 0.2) is 5.13 Å². The number of rotatable bonds is 5. The number of amides is 1. The third-order valence-electron chi connectivity index (χ3n) is 4.14. The van der Waals surface area contributed by atoms with Crippen LogP contribution in [0.5, 0.6) is 0 Å². The normalized spacial score (nSPS) is 11.3. The lowest BCUT2D eigenvalue weighted by Crippen LogP contribution is -2.13. The van der Waals surface area contributed by atoms with Crippen molar-refractivity contribution in [2.75, 3.05) is 5.32 Å². The largest absolute Gasteiger partial charge is 0.297 e. The van der Waals surface area contributed by atoms with Crippen molar-refractivity contribution < 1.29 is 4.79 Å². The van der Waals surface area contributed by atoms with Crippen LogP contribution in [0, 0.1) is 11.3 Å². The van der Waals surface area contributed by atoms with Crippen LogP contribution >= 0.6 is 27.3 Å². The molecule has 3 aromatic rings. The topological polar surface area (TPSA) is 65.8 Å². The van der Waals surface area contributed by atoms with E-state index >= 15 is 0 Å². The van der Waals surface area contributed by atoms with E-state index in [1.807, 2.05) is 60.0 Å². The van der Waals surface area contributed by atoms with E-state index in [0.717, 1.165) is 21.3 Å². The Morgan fingerprint density at radius 2 is 1.86 bits per heavy atom. The van der Waals surface area contributed by atoms with Crippen molar-refractivity contribution >= 4 is 44.4 Å². The van der Waals surface area contributed by atoms with Gasteiger partial charge < -0.3 is 0 Å². The van der Waals surface area contributed by atoms with Crippen LogP contribution in [0.4, 0.5) is 5.13 Å². The summed E-state index contributed by atoms with van der Waals surface area (Å²) in [4.78, 5) is 16.9. The van der Waals surface area contributed by atoms with Crippen molar-refractivity contribution in [1.29, 1.82) is 5.26 Å². The molecule has 1 N–H and O–H groups in total. The Hall–Kier alpha value is -2.75. The minimum Gasteiger partial charge on any atom is -0.297 e. The number of hydrogen-bond acceptors (Lipinski definition) is 4. The van der Waals surface area contributed by atoms with Crippen LogP contribution in [-0.4, -0.2) is 10.9 Å². The van der Waals surface area contributed by atoms with E-state index in [4.69, 9.17) is 0 Å². The lowest BCUT2D eigenvalue weighted by molar-refractivity contribution is -0.112. The first kappa shape index (κ1) is 20.0. The number of carbonyl (C=O) groups is 1. The molecule has 0 aliphatic rings. The molecular formula is C22H18BrN3OS. The Bertz CT molecular complexity index is 1040. The average Bonchev–Trinajstić information content (AvgIpc) is 3.15. The highest BCUT2D eigenvalue weighted by Gasteiger charge is 2.13. The fraction of sp³-hybridized carbons (Fsp3) is 0.136. The Morgan fingerprint density at radius 1 is 1.18 bits per heavy atom. The molecule has 1 heterocycles. The first-order valence-electron chi connectivity index (χ1n) is 8.71. The minimum absolute atomic E-state index is 0.0395. The molecule has 0 atom stereocenters. The summed E-state index contributed by atoms with van der Waals surface area (Å²) in [7, 11) is 0. The summed E-state index contributed by atoms with van der Waals surface area (Å²) in [5, 5.41) is 14.4. The van der Waals surface area contributed by atoms with E-state index in [1.165, 1.54) is 16.9 Å². The first-order chi connectivity index (χ1) is 13.5. The number of aromatic nitrogens is 1. The Morgan fingerprint density at radius 3 is 2.46 bits per heavy atom. The molecule has 0 radical (unpaired) electrons. The zero-order valence-electron chi connectivity index (χ0n) is 15.4. The maximum absolute atomic E-state index is 12.5. The fourth-order valence-electron chi connectivity index (χ4n) is 2.54. The van der Waals surface area contributed by atoms with Crippen LogP contribution in [0.25, 0.3) is 17.3 Å². The number of anilines is 1. The van der Waals surface area contributed by atoms with Gasteiger partial charge in [0.2, 0.25) is 0 Å². The molecule has 1 amide bonds. The number of nitriles is 1. The third kappa shape index (κ3) is 4.94. The summed E-state index contributed by atoms with van der Waals surface area (Å²) in [6.07, 6.45) is 1.59. The molecule has 4 nitrogen and oxygen atoms in total. The Labute approximate surface area is 176 Å². The molecule has 0 saturated heterocycles. The Balaban J connectivity index is 1.74. The van der Waals surface area contributed by atoms with Crippen LogP contribution in [0.15, 0.2) is 64.0 Å². The van der Waals surface area contributed by atoms with Gasteiger partial charge in [-0.1, -0.05) is 66.2 Å². The molecule has 1 aromatic heterocycles. The number of halogens is 1.